The third kappa shape index (κ3) is 2.99. The Hall–Kier alpha value is -1.00. The molecule has 6 nitrogen and oxygen atoms in total. The number of hydrogen-bond acceptors (Lipinski definition) is 2. The minimum absolute atomic E-state index is 0.441. The summed E-state index contributed by atoms with van der Waals surface area (Å²) in [5.41, 5.74) is 0.883. The molecule has 0 bridgehead atoms. The Bertz CT molecular complexity index is 802. The Kier molecular flexibility index (Phi) is 4.65. The maximum absolute atomic E-state index is 11.9. The molecule has 0 aliphatic rings. The predicted molar refractivity (Wildman–Crippen MR) is 94.1 cm³/mol. The van der Waals surface area contributed by atoms with Crippen LogP contribution in [-0.2, 0) is 19.4 Å². The van der Waals surface area contributed by atoms with Crippen LogP contribution in [0.4, 0.5) is 0 Å². The molecule has 0 saturated carbocycles. The molecule has 4 N–H and O–H groups in total. The van der Waals surface area contributed by atoms with Gasteiger partial charge in [0, 0.05) is 0 Å². The summed E-state index contributed by atoms with van der Waals surface area (Å²) in [5.74, 6) is 0. The van der Waals surface area contributed by atoms with Gasteiger partial charge in [-0.3, -0.25) is 9.13 Å². The van der Waals surface area contributed by atoms with Crippen LogP contribution in [0, 0.1) is 0 Å². The van der Waals surface area contributed by atoms with Gasteiger partial charge in [-0.25, -0.2) is 0 Å². The van der Waals surface area contributed by atoms with Gasteiger partial charge < -0.3 is 19.6 Å². The molecule has 0 aliphatic heterocycles. The van der Waals surface area contributed by atoms with Gasteiger partial charge in [-0.1, -0.05) is 36.4 Å². The van der Waals surface area contributed by atoms with Crippen molar-refractivity contribution in [3.05, 3.63) is 47.5 Å². The molecule has 2 rings (SSSR count). The smallest absolute Gasteiger partial charge is 0.324 e. The maximum Gasteiger partial charge on any atom is 0.335 e. The predicted octanol–water partition coefficient (Wildman–Crippen LogP) is 3.67. The van der Waals surface area contributed by atoms with Crippen molar-refractivity contribution in [2.24, 2.45) is 0 Å². The largest absolute Gasteiger partial charge is 0.335 e. The number of benzene rings is 2. The minimum Gasteiger partial charge on any atom is -0.324 e. The zero-order valence-electron chi connectivity index (χ0n) is 14.0. The molecule has 24 heavy (non-hydrogen) atoms. The lowest BCUT2D eigenvalue weighted by Gasteiger charge is -2.30. The monoisotopic (exact) mass is 372 g/mol. The van der Waals surface area contributed by atoms with Gasteiger partial charge in [0.15, 0.2) is 0 Å². The van der Waals surface area contributed by atoms with Crippen molar-refractivity contribution in [3.8, 4) is 0 Å². The molecule has 132 valence electrons. The van der Waals surface area contributed by atoms with Crippen LogP contribution in [0.1, 0.15) is 38.8 Å². The van der Waals surface area contributed by atoms with E-state index in [0.29, 0.717) is 21.9 Å². The van der Waals surface area contributed by atoms with Crippen LogP contribution in [0.15, 0.2) is 36.4 Å². The summed E-state index contributed by atoms with van der Waals surface area (Å²) in [7, 11) is -8.87. The van der Waals surface area contributed by atoms with E-state index in [2.05, 4.69) is 0 Å². The fourth-order valence-electron chi connectivity index (χ4n) is 2.69. The summed E-state index contributed by atoms with van der Waals surface area (Å²) in [6.45, 7) is 5.85. The molecule has 0 fully saturated rings. The second-order valence-electron chi connectivity index (χ2n) is 6.91. The highest BCUT2D eigenvalue weighted by molar-refractivity contribution is 7.53. The van der Waals surface area contributed by atoms with Gasteiger partial charge in [0.25, 0.3) is 0 Å². The highest BCUT2D eigenvalue weighted by Gasteiger charge is 2.42. The van der Waals surface area contributed by atoms with Gasteiger partial charge in [0.05, 0.1) is 10.3 Å². The molecule has 0 aliphatic carbocycles. The van der Waals surface area contributed by atoms with Crippen LogP contribution in [0.3, 0.4) is 0 Å². The van der Waals surface area contributed by atoms with Crippen molar-refractivity contribution in [2.75, 3.05) is 0 Å². The molecule has 0 unspecified atom stereocenters. The molecule has 2 aromatic rings. The average molecular weight is 372 g/mol. The second-order valence-corrected chi connectivity index (χ2v) is 11.3. The molecule has 0 spiro atoms. The average Bonchev–Trinajstić information content (AvgIpc) is 2.43. The Morgan fingerprint density at radius 1 is 0.667 bits per heavy atom. The van der Waals surface area contributed by atoms with Crippen LogP contribution in [0.5, 0.6) is 0 Å². The summed E-state index contributed by atoms with van der Waals surface area (Å²) in [6, 6.07) is 9.98. The van der Waals surface area contributed by atoms with E-state index in [1.54, 1.807) is 36.4 Å². The van der Waals surface area contributed by atoms with E-state index in [4.69, 9.17) is 0 Å². The highest BCUT2D eigenvalue weighted by Crippen LogP contribution is 2.60. The topological polar surface area (TPSA) is 115 Å². The van der Waals surface area contributed by atoms with Gasteiger partial charge in [0.2, 0.25) is 0 Å². The van der Waals surface area contributed by atoms with E-state index in [-0.39, 0.29) is 0 Å². The molecule has 8 heteroatoms. The van der Waals surface area contributed by atoms with Crippen LogP contribution in [-0.4, -0.2) is 19.6 Å². The zero-order valence-corrected chi connectivity index (χ0v) is 15.8. The van der Waals surface area contributed by atoms with E-state index < -0.39 is 25.5 Å². The second kappa shape index (κ2) is 5.77. The Balaban J connectivity index is 2.87. The van der Waals surface area contributed by atoms with Crippen molar-refractivity contribution in [2.45, 2.75) is 38.0 Å². The summed E-state index contributed by atoms with van der Waals surface area (Å²) in [4.78, 5) is 38.8. The van der Waals surface area contributed by atoms with Crippen molar-refractivity contribution < 1.29 is 28.7 Å². The third-order valence-corrected chi connectivity index (χ3v) is 8.09. The number of rotatable bonds is 4. The first kappa shape index (κ1) is 19.3. The van der Waals surface area contributed by atoms with Gasteiger partial charge in [-0.2, -0.15) is 0 Å². The van der Waals surface area contributed by atoms with Crippen molar-refractivity contribution in [1.82, 2.24) is 0 Å². The summed E-state index contributed by atoms with van der Waals surface area (Å²) in [5, 5.41) is -1.69. The summed E-state index contributed by atoms with van der Waals surface area (Å²) >= 11 is 0. The first-order chi connectivity index (χ1) is 10.7. The quantitative estimate of drug-likeness (QED) is 0.609. The van der Waals surface area contributed by atoms with Gasteiger partial charge in [0.1, 0.15) is 0 Å². The van der Waals surface area contributed by atoms with E-state index in [1.165, 1.54) is 27.7 Å². The van der Waals surface area contributed by atoms with Crippen LogP contribution in [0.2, 0.25) is 0 Å². The number of hydrogen-bond donors (Lipinski definition) is 4. The van der Waals surface area contributed by atoms with Gasteiger partial charge in [-0.05, 0) is 49.6 Å². The normalized spacial score (nSPS) is 14.2. The molecule has 0 saturated heterocycles. The van der Waals surface area contributed by atoms with Crippen molar-refractivity contribution in [1.29, 1.82) is 0 Å². The lowest BCUT2D eigenvalue weighted by atomic mass is 9.89. The zero-order chi connectivity index (χ0) is 18.6. The lowest BCUT2D eigenvalue weighted by molar-refractivity contribution is 0.336. The highest BCUT2D eigenvalue weighted by atomic mass is 31.2. The Morgan fingerprint density at radius 3 is 1.21 bits per heavy atom. The molecule has 0 heterocycles. The van der Waals surface area contributed by atoms with Crippen molar-refractivity contribution >= 4 is 26.0 Å². The molecule has 0 aromatic heterocycles. The van der Waals surface area contributed by atoms with E-state index in [1.807, 2.05) is 0 Å². The standard InChI is InChI=1S/C16H22O6P2/c1-15(2,23(17,18)19)13-9-5-8-12-11(13)7-6-10-14(12)16(3,4)24(20,21)22/h5-10H,1-4H3,(H2,17,18,19)(H2,20,21,22). The molecule has 2 aromatic carbocycles. The maximum atomic E-state index is 11.9. The molecular formula is C16H22O6P2. The van der Waals surface area contributed by atoms with Crippen molar-refractivity contribution in [3.63, 3.8) is 0 Å². The first-order valence-electron chi connectivity index (χ1n) is 7.35. The fourth-order valence-corrected chi connectivity index (χ4v) is 3.71. The first-order valence-corrected chi connectivity index (χ1v) is 10.6. The lowest BCUT2D eigenvalue weighted by Crippen LogP contribution is -2.20. The van der Waals surface area contributed by atoms with Gasteiger partial charge in [-0.15, -0.1) is 0 Å². The summed E-state index contributed by atoms with van der Waals surface area (Å²) in [6.07, 6.45) is 0. The van der Waals surface area contributed by atoms with Crippen LogP contribution in [0.25, 0.3) is 10.8 Å². The van der Waals surface area contributed by atoms with E-state index >= 15 is 0 Å². The fraction of sp³-hybridized carbons (Fsp3) is 0.375. The minimum atomic E-state index is -4.44. The van der Waals surface area contributed by atoms with Gasteiger partial charge >= 0.3 is 15.2 Å². The Morgan fingerprint density at radius 2 is 0.958 bits per heavy atom. The number of fused-ring (bicyclic) bond motifs is 1. The summed E-state index contributed by atoms with van der Waals surface area (Å²) < 4.78 is 23.8. The molecular weight excluding hydrogens is 350 g/mol. The van der Waals surface area contributed by atoms with Crippen LogP contribution >= 0.6 is 15.2 Å². The third-order valence-electron chi connectivity index (χ3n) is 4.70. The van der Waals surface area contributed by atoms with E-state index in [0.717, 1.165) is 0 Å². The SMILES string of the molecule is CC(C)(c1cccc2c(C(C)(C)P(=O)(O)O)cccc12)P(=O)(O)O. The van der Waals surface area contributed by atoms with Crippen LogP contribution < -0.4 is 0 Å². The molecule has 0 radical (unpaired) electrons. The molecule has 0 amide bonds. The molecule has 0 atom stereocenters. The Labute approximate surface area is 140 Å². The van der Waals surface area contributed by atoms with E-state index in [9.17, 15) is 28.7 Å².